The summed E-state index contributed by atoms with van der Waals surface area (Å²) in [4.78, 5) is 25.7. The van der Waals surface area contributed by atoms with Crippen molar-refractivity contribution in [2.24, 2.45) is 17.8 Å². The van der Waals surface area contributed by atoms with Crippen LogP contribution in [0.2, 0.25) is 0 Å². The molecule has 0 bridgehead atoms. The van der Waals surface area contributed by atoms with Gasteiger partial charge in [0.15, 0.2) is 0 Å². The molecule has 4 atom stereocenters. The summed E-state index contributed by atoms with van der Waals surface area (Å²) in [5.41, 5.74) is 0. The van der Waals surface area contributed by atoms with E-state index < -0.39 is 5.97 Å². The van der Waals surface area contributed by atoms with Crippen molar-refractivity contribution >= 4 is 11.9 Å². The minimum absolute atomic E-state index is 0.0670. The molecule has 1 aliphatic carbocycles. The fourth-order valence-electron chi connectivity index (χ4n) is 3.52. The first kappa shape index (κ1) is 14.4. The second-order valence-electron chi connectivity index (χ2n) is 6.29. The monoisotopic (exact) mass is 267 g/mol. The molecule has 19 heavy (non-hydrogen) atoms. The first-order valence-corrected chi connectivity index (χ1v) is 7.54. The number of piperidine rings is 1. The number of aliphatic carboxylic acids is 1. The van der Waals surface area contributed by atoms with Crippen LogP contribution in [0.15, 0.2) is 0 Å². The molecule has 4 unspecified atom stereocenters. The van der Waals surface area contributed by atoms with Crippen LogP contribution in [0.5, 0.6) is 0 Å². The third-order valence-electron chi connectivity index (χ3n) is 5.03. The third kappa shape index (κ3) is 3.10. The number of amides is 1. The molecular formula is C15H25NO3. The topological polar surface area (TPSA) is 57.6 Å². The van der Waals surface area contributed by atoms with Crippen LogP contribution in [0.4, 0.5) is 0 Å². The predicted molar refractivity (Wildman–Crippen MR) is 72.7 cm³/mol. The average Bonchev–Trinajstić information content (AvgIpc) is 2.41. The quantitative estimate of drug-likeness (QED) is 0.836. The van der Waals surface area contributed by atoms with E-state index in [1.54, 1.807) is 0 Å². The van der Waals surface area contributed by atoms with Gasteiger partial charge in [0.2, 0.25) is 5.91 Å². The van der Waals surface area contributed by atoms with Crippen molar-refractivity contribution in [2.75, 3.05) is 6.54 Å². The van der Waals surface area contributed by atoms with Gasteiger partial charge in [0.05, 0.1) is 5.92 Å². The van der Waals surface area contributed by atoms with E-state index in [4.69, 9.17) is 5.11 Å². The van der Waals surface area contributed by atoms with Crippen molar-refractivity contribution in [3.8, 4) is 0 Å². The summed E-state index contributed by atoms with van der Waals surface area (Å²) >= 11 is 0. The third-order valence-corrected chi connectivity index (χ3v) is 5.03. The molecule has 4 nitrogen and oxygen atoms in total. The van der Waals surface area contributed by atoms with E-state index in [-0.39, 0.29) is 17.7 Å². The predicted octanol–water partition coefficient (Wildman–Crippen LogP) is 2.52. The standard InChI is InChI=1S/C15H25NO3/c1-10-5-4-8-16(11(10)2)14(17)12-6-3-7-13(9-12)15(18)19/h10-13H,3-9H2,1-2H3,(H,18,19). The van der Waals surface area contributed by atoms with Crippen LogP contribution in [-0.2, 0) is 9.59 Å². The van der Waals surface area contributed by atoms with Gasteiger partial charge in [0.1, 0.15) is 0 Å². The molecule has 2 fully saturated rings. The molecule has 1 saturated carbocycles. The van der Waals surface area contributed by atoms with Gasteiger partial charge in [0, 0.05) is 18.5 Å². The first-order valence-electron chi connectivity index (χ1n) is 7.54. The summed E-state index contributed by atoms with van der Waals surface area (Å²) in [5, 5.41) is 9.12. The number of rotatable bonds is 2. The number of likely N-dealkylation sites (tertiary alicyclic amines) is 1. The second-order valence-corrected chi connectivity index (χ2v) is 6.29. The molecule has 1 saturated heterocycles. The Morgan fingerprint density at radius 1 is 1.05 bits per heavy atom. The summed E-state index contributed by atoms with van der Waals surface area (Å²) in [5.74, 6) is -0.373. The molecule has 4 heteroatoms. The second kappa shape index (κ2) is 5.93. The van der Waals surface area contributed by atoms with Gasteiger partial charge in [-0.3, -0.25) is 9.59 Å². The minimum atomic E-state index is -0.738. The van der Waals surface area contributed by atoms with Crippen LogP contribution in [0.3, 0.4) is 0 Å². The Kier molecular flexibility index (Phi) is 4.48. The van der Waals surface area contributed by atoms with Crippen molar-refractivity contribution in [2.45, 2.75) is 58.4 Å². The molecule has 1 heterocycles. The summed E-state index contributed by atoms with van der Waals surface area (Å²) in [6.45, 7) is 5.17. The van der Waals surface area contributed by atoms with Crippen LogP contribution in [0, 0.1) is 17.8 Å². The number of carbonyl (C=O) groups excluding carboxylic acids is 1. The molecule has 0 aromatic rings. The van der Waals surface area contributed by atoms with Crippen molar-refractivity contribution in [1.82, 2.24) is 4.90 Å². The van der Waals surface area contributed by atoms with Gasteiger partial charge in [-0.05, 0) is 44.9 Å². The van der Waals surface area contributed by atoms with Crippen LogP contribution >= 0.6 is 0 Å². The number of carboxylic acids is 1. The Morgan fingerprint density at radius 2 is 1.74 bits per heavy atom. The maximum absolute atomic E-state index is 12.6. The molecule has 1 N–H and O–H groups in total. The lowest BCUT2D eigenvalue weighted by molar-refractivity contribution is -0.147. The molecule has 0 aromatic carbocycles. The lowest BCUT2D eigenvalue weighted by Gasteiger charge is -2.40. The Labute approximate surface area is 115 Å². The van der Waals surface area contributed by atoms with Gasteiger partial charge in [-0.1, -0.05) is 13.3 Å². The number of hydrogen-bond donors (Lipinski definition) is 1. The number of carboxylic acid groups (broad SMARTS) is 1. The summed E-state index contributed by atoms with van der Waals surface area (Å²) in [7, 11) is 0. The van der Waals surface area contributed by atoms with Crippen molar-refractivity contribution in [1.29, 1.82) is 0 Å². The fourth-order valence-corrected chi connectivity index (χ4v) is 3.52. The Balaban J connectivity index is 2.00. The maximum Gasteiger partial charge on any atom is 0.306 e. The Morgan fingerprint density at radius 3 is 2.42 bits per heavy atom. The molecule has 1 aliphatic heterocycles. The largest absolute Gasteiger partial charge is 0.481 e. The van der Waals surface area contributed by atoms with Crippen molar-refractivity contribution in [3.05, 3.63) is 0 Å². The summed E-state index contributed by atoms with van der Waals surface area (Å²) in [6, 6.07) is 0.298. The van der Waals surface area contributed by atoms with E-state index in [2.05, 4.69) is 13.8 Å². The number of hydrogen-bond acceptors (Lipinski definition) is 2. The molecule has 1 amide bonds. The normalized spacial score (nSPS) is 36.0. The summed E-state index contributed by atoms with van der Waals surface area (Å²) in [6.07, 6.45) is 5.25. The highest BCUT2D eigenvalue weighted by molar-refractivity contribution is 5.80. The van der Waals surface area contributed by atoms with Gasteiger partial charge >= 0.3 is 5.97 Å². The van der Waals surface area contributed by atoms with Gasteiger partial charge in [-0.15, -0.1) is 0 Å². The Bertz CT molecular complexity index is 355. The molecule has 0 aromatic heterocycles. The van der Waals surface area contributed by atoms with E-state index in [0.29, 0.717) is 18.4 Å². The van der Waals surface area contributed by atoms with Crippen molar-refractivity contribution in [3.63, 3.8) is 0 Å². The number of carbonyl (C=O) groups is 2. The van der Waals surface area contributed by atoms with E-state index in [0.717, 1.165) is 32.2 Å². The smallest absolute Gasteiger partial charge is 0.306 e. The van der Waals surface area contributed by atoms with E-state index >= 15 is 0 Å². The molecule has 0 radical (unpaired) electrons. The highest BCUT2D eigenvalue weighted by Crippen LogP contribution is 2.33. The Hall–Kier alpha value is -1.06. The molecular weight excluding hydrogens is 242 g/mol. The van der Waals surface area contributed by atoms with Gasteiger partial charge in [-0.25, -0.2) is 0 Å². The van der Waals surface area contributed by atoms with E-state index in [9.17, 15) is 9.59 Å². The van der Waals surface area contributed by atoms with Gasteiger partial charge in [0.25, 0.3) is 0 Å². The lowest BCUT2D eigenvalue weighted by atomic mass is 9.80. The van der Waals surface area contributed by atoms with Crippen LogP contribution in [0.1, 0.15) is 52.4 Å². The molecule has 2 aliphatic rings. The maximum atomic E-state index is 12.6. The van der Waals surface area contributed by atoms with Gasteiger partial charge in [-0.2, -0.15) is 0 Å². The van der Waals surface area contributed by atoms with Crippen LogP contribution in [-0.4, -0.2) is 34.5 Å². The first-order chi connectivity index (χ1) is 9.00. The van der Waals surface area contributed by atoms with E-state index in [1.807, 2.05) is 4.90 Å². The molecule has 0 spiro atoms. The van der Waals surface area contributed by atoms with Crippen LogP contribution in [0.25, 0.3) is 0 Å². The average molecular weight is 267 g/mol. The fraction of sp³-hybridized carbons (Fsp3) is 0.867. The molecule has 108 valence electrons. The lowest BCUT2D eigenvalue weighted by Crippen LogP contribution is -2.49. The number of nitrogens with zero attached hydrogens (tertiary/aromatic N) is 1. The highest BCUT2D eigenvalue weighted by Gasteiger charge is 2.36. The molecule has 2 rings (SSSR count). The van der Waals surface area contributed by atoms with Crippen molar-refractivity contribution < 1.29 is 14.7 Å². The van der Waals surface area contributed by atoms with Crippen LogP contribution < -0.4 is 0 Å². The van der Waals surface area contributed by atoms with E-state index in [1.165, 1.54) is 6.42 Å². The zero-order valence-electron chi connectivity index (χ0n) is 12.0. The highest BCUT2D eigenvalue weighted by atomic mass is 16.4. The van der Waals surface area contributed by atoms with Gasteiger partial charge < -0.3 is 10.0 Å². The SMILES string of the molecule is CC1CCCN(C(=O)C2CCCC(C(=O)O)C2)C1C. The zero-order chi connectivity index (χ0) is 14.0. The minimum Gasteiger partial charge on any atom is -0.481 e. The zero-order valence-corrected chi connectivity index (χ0v) is 12.0. The summed E-state index contributed by atoms with van der Waals surface area (Å²) < 4.78 is 0.